The second-order valence-corrected chi connectivity index (χ2v) is 5.50. The van der Waals surface area contributed by atoms with Gasteiger partial charge in [-0.1, -0.05) is 13.8 Å². The molecule has 0 saturated carbocycles. The molecular formula is C17H27ClN2O3. The predicted molar refractivity (Wildman–Crippen MR) is 94.5 cm³/mol. The molecule has 0 unspecified atom stereocenters. The Morgan fingerprint density at radius 1 is 1.26 bits per heavy atom. The van der Waals surface area contributed by atoms with Crippen molar-refractivity contribution in [1.29, 1.82) is 0 Å². The number of halogens is 1. The average Bonchev–Trinajstić information content (AvgIpc) is 2.52. The van der Waals surface area contributed by atoms with E-state index in [4.69, 9.17) is 10.5 Å². The highest BCUT2D eigenvalue weighted by molar-refractivity contribution is 5.94. The molecule has 0 heterocycles. The molecule has 0 aliphatic carbocycles. The molecule has 1 amide bonds. The summed E-state index contributed by atoms with van der Waals surface area (Å²) in [7, 11) is 1.55. The summed E-state index contributed by atoms with van der Waals surface area (Å²) in [6.45, 7) is 5.91. The molecule has 3 N–H and O–H groups in total. The van der Waals surface area contributed by atoms with E-state index < -0.39 is 0 Å². The van der Waals surface area contributed by atoms with Crippen LogP contribution in [0.4, 0.5) is 0 Å². The molecule has 5 nitrogen and oxygen atoms in total. The fourth-order valence-electron chi connectivity index (χ4n) is 2.42. The Hall–Kier alpha value is -1.59. The highest BCUT2D eigenvalue weighted by Crippen LogP contribution is 2.22. The topological polar surface area (TPSA) is 81.4 Å². The number of carbonyl (C=O) groups is 2. The summed E-state index contributed by atoms with van der Waals surface area (Å²) in [6.07, 6.45) is 1.71. The first-order chi connectivity index (χ1) is 10.4. The third-order valence-electron chi connectivity index (χ3n) is 4.19. The normalized spacial score (nSPS) is 10.7. The first-order valence-corrected chi connectivity index (χ1v) is 7.60. The largest absolute Gasteiger partial charge is 0.496 e. The summed E-state index contributed by atoms with van der Waals surface area (Å²) in [5.74, 6) is 0.447. The third kappa shape index (κ3) is 5.52. The third-order valence-corrected chi connectivity index (χ3v) is 4.19. The number of nitrogens with one attached hydrogen (secondary N) is 1. The van der Waals surface area contributed by atoms with Gasteiger partial charge in [0, 0.05) is 17.7 Å². The van der Waals surface area contributed by atoms with Gasteiger partial charge in [-0.25, -0.2) is 0 Å². The Morgan fingerprint density at radius 2 is 1.87 bits per heavy atom. The summed E-state index contributed by atoms with van der Waals surface area (Å²) in [5.41, 5.74) is 6.70. The number of hydrogen-bond donors (Lipinski definition) is 2. The lowest BCUT2D eigenvalue weighted by Crippen LogP contribution is -2.53. The van der Waals surface area contributed by atoms with Gasteiger partial charge in [-0.2, -0.15) is 0 Å². The summed E-state index contributed by atoms with van der Waals surface area (Å²) in [4.78, 5) is 23.8. The molecule has 1 aromatic rings. The number of ketones is 1. The monoisotopic (exact) mass is 342 g/mol. The van der Waals surface area contributed by atoms with Crippen LogP contribution >= 0.6 is 12.4 Å². The van der Waals surface area contributed by atoms with Gasteiger partial charge >= 0.3 is 0 Å². The van der Waals surface area contributed by atoms with Crippen LogP contribution in [0.25, 0.3) is 0 Å². The van der Waals surface area contributed by atoms with Crippen LogP contribution in [-0.4, -0.2) is 30.9 Å². The van der Waals surface area contributed by atoms with Gasteiger partial charge in [-0.3, -0.25) is 9.59 Å². The van der Waals surface area contributed by atoms with Gasteiger partial charge in [0.05, 0.1) is 19.1 Å². The van der Waals surface area contributed by atoms with E-state index in [0.29, 0.717) is 23.4 Å². The van der Waals surface area contributed by atoms with Gasteiger partial charge in [0.2, 0.25) is 5.91 Å². The van der Waals surface area contributed by atoms with Gasteiger partial charge in [-0.05, 0) is 38.0 Å². The van der Waals surface area contributed by atoms with Crippen LogP contribution in [0.3, 0.4) is 0 Å². The van der Waals surface area contributed by atoms with E-state index in [2.05, 4.69) is 5.32 Å². The average molecular weight is 343 g/mol. The minimum Gasteiger partial charge on any atom is -0.496 e. The zero-order valence-corrected chi connectivity index (χ0v) is 15.1. The Labute approximate surface area is 144 Å². The van der Waals surface area contributed by atoms with Gasteiger partial charge in [-0.15, -0.1) is 12.4 Å². The molecule has 0 atom stereocenters. The van der Waals surface area contributed by atoms with Crippen molar-refractivity contribution in [2.75, 3.05) is 13.7 Å². The second-order valence-electron chi connectivity index (χ2n) is 5.50. The first-order valence-electron chi connectivity index (χ1n) is 7.60. The predicted octanol–water partition coefficient (Wildman–Crippen LogP) is 2.50. The minimum atomic E-state index is -0.373. The number of amides is 1. The quantitative estimate of drug-likeness (QED) is 0.711. The van der Waals surface area contributed by atoms with Gasteiger partial charge in [0.15, 0.2) is 5.78 Å². The maximum atomic E-state index is 12.3. The van der Waals surface area contributed by atoms with E-state index in [-0.39, 0.29) is 36.1 Å². The molecule has 0 bridgehead atoms. The van der Waals surface area contributed by atoms with Crippen LogP contribution in [0.2, 0.25) is 0 Å². The molecule has 0 radical (unpaired) electrons. The van der Waals surface area contributed by atoms with Crippen molar-refractivity contribution in [3.05, 3.63) is 29.3 Å². The molecule has 1 rings (SSSR count). The van der Waals surface area contributed by atoms with Crippen LogP contribution in [0.15, 0.2) is 18.2 Å². The highest BCUT2D eigenvalue weighted by Gasteiger charge is 2.26. The van der Waals surface area contributed by atoms with Gasteiger partial charge < -0.3 is 15.8 Å². The van der Waals surface area contributed by atoms with Crippen molar-refractivity contribution in [2.24, 2.45) is 5.73 Å². The molecule has 23 heavy (non-hydrogen) atoms. The molecule has 0 aliphatic heterocycles. The number of hydrogen-bond acceptors (Lipinski definition) is 4. The van der Waals surface area contributed by atoms with E-state index in [1.165, 1.54) is 6.92 Å². The van der Waals surface area contributed by atoms with Crippen LogP contribution in [0.5, 0.6) is 5.75 Å². The zero-order valence-electron chi connectivity index (χ0n) is 14.3. The SMILES string of the molecule is CCC(CC)(CN)NC(=O)Cc1cc(C(C)=O)ccc1OC.Cl. The molecule has 0 spiro atoms. The van der Waals surface area contributed by atoms with Crippen LogP contribution in [-0.2, 0) is 11.2 Å². The highest BCUT2D eigenvalue weighted by atomic mass is 35.5. The number of nitrogens with two attached hydrogens (primary N) is 1. The maximum absolute atomic E-state index is 12.3. The van der Waals surface area contributed by atoms with Crippen molar-refractivity contribution in [2.45, 2.75) is 45.6 Å². The number of methoxy groups -OCH3 is 1. The van der Waals surface area contributed by atoms with Gasteiger partial charge in [0.25, 0.3) is 0 Å². The van der Waals surface area contributed by atoms with Crippen LogP contribution in [0.1, 0.15) is 49.5 Å². The molecule has 0 saturated heterocycles. The second kappa shape index (κ2) is 9.53. The van der Waals surface area contributed by atoms with Crippen molar-refractivity contribution >= 4 is 24.1 Å². The summed E-state index contributed by atoms with van der Waals surface area (Å²) in [6, 6.07) is 5.13. The summed E-state index contributed by atoms with van der Waals surface area (Å²) in [5, 5.41) is 3.02. The van der Waals surface area contributed by atoms with Crippen LogP contribution in [0, 0.1) is 0 Å². The Bertz CT molecular complexity index is 534. The molecule has 0 aliphatic rings. The van der Waals surface area contributed by atoms with E-state index in [9.17, 15) is 9.59 Å². The van der Waals surface area contributed by atoms with E-state index >= 15 is 0 Å². The van der Waals surface area contributed by atoms with Crippen LogP contribution < -0.4 is 15.8 Å². The van der Waals surface area contributed by atoms with Crippen molar-refractivity contribution in [3.8, 4) is 5.75 Å². The molecule has 130 valence electrons. The summed E-state index contributed by atoms with van der Waals surface area (Å²) >= 11 is 0. The number of benzene rings is 1. The molecule has 0 aromatic heterocycles. The zero-order chi connectivity index (χ0) is 16.8. The Balaban J connectivity index is 0.00000484. The van der Waals surface area contributed by atoms with Crippen molar-refractivity contribution in [1.82, 2.24) is 5.32 Å². The molecule has 1 aromatic carbocycles. The lowest BCUT2D eigenvalue weighted by molar-refractivity contribution is -0.122. The number of ether oxygens (including phenoxy) is 1. The standard InChI is InChI=1S/C17H26N2O3.ClH/c1-5-17(6-2,11-18)19-16(21)10-14-9-13(12(3)20)7-8-15(14)22-4;/h7-9H,5-6,10-11,18H2,1-4H3,(H,19,21);1H. The van der Waals surface area contributed by atoms with E-state index in [1.54, 1.807) is 25.3 Å². The van der Waals surface area contributed by atoms with E-state index in [1.807, 2.05) is 13.8 Å². The lowest BCUT2D eigenvalue weighted by atomic mass is 9.92. The fourth-order valence-corrected chi connectivity index (χ4v) is 2.42. The molecular weight excluding hydrogens is 316 g/mol. The summed E-state index contributed by atoms with van der Waals surface area (Å²) < 4.78 is 5.27. The first kappa shape index (κ1) is 21.4. The minimum absolute atomic E-state index is 0. The lowest BCUT2D eigenvalue weighted by Gasteiger charge is -2.31. The molecule has 6 heteroatoms. The van der Waals surface area contributed by atoms with Gasteiger partial charge in [0.1, 0.15) is 5.75 Å². The Morgan fingerprint density at radius 3 is 2.30 bits per heavy atom. The Kier molecular flexibility index (Phi) is 8.87. The number of Topliss-reactive ketones (excluding diaryl/α,β-unsaturated/α-hetero) is 1. The number of carbonyl (C=O) groups excluding carboxylic acids is 2. The number of rotatable bonds is 8. The van der Waals surface area contributed by atoms with E-state index in [0.717, 1.165) is 12.8 Å². The smallest absolute Gasteiger partial charge is 0.225 e. The maximum Gasteiger partial charge on any atom is 0.225 e. The van der Waals surface area contributed by atoms with Crippen molar-refractivity contribution in [3.63, 3.8) is 0 Å². The molecule has 0 fully saturated rings. The van der Waals surface area contributed by atoms with Crippen molar-refractivity contribution < 1.29 is 14.3 Å². The fraction of sp³-hybridized carbons (Fsp3) is 0.529.